The summed E-state index contributed by atoms with van der Waals surface area (Å²) in [5.41, 5.74) is 1.47. The summed E-state index contributed by atoms with van der Waals surface area (Å²) in [5.74, 6) is 0. The normalized spacial score (nSPS) is 14.8. The van der Waals surface area contributed by atoms with E-state index in [1.165, 1.54) is 25.0 Å². The summed E-state index contributed by atoms with van der Waals surface area (Å²) in [4.78, 5) is 4.85. The molecule has 0 N–H and O–H groups in total. The van der Waals surface area contributed by atoms with Crippen LogP contribution in [0.2, 0.25) is 0 Å². The van der Waals surface area contributed by atoms with Crippen LogP contribution in [0.5, 0.6) is 0 Å². The van der Waals surface area contributed by atoms with Crippen LogP contribution in [-0.2, 0) is 0 Å². The van der Waals surface area contributed by atoms with Gasteiger partial charge in [-0.2, -0.15) is 5.26 Å². The molecule has 0 spiro atoms. The second-order valence-corrected chi connectivity index (χ2v) is 4.51. The van der Waals surface area contributed by atoms with Crippen LogP contribution >= 0.6 is 0 Å². The first-order valence-electron chi connectivity index (χ1n) is 6.85. The van der Waals surface area contributed by atoms with Crippen LogP contribution in [0, 0.1) is 11.3 Å². The highest BCUT2D eigenvalue weighted by atomic mass is 15.2. The summed E-state index contributed by atoms with van der Waals surface area (Å²) >= 11 is 0. The first kappa shape index (κ1) is 14.1. The minimum atomic E-state index is 0.635. The Hall–Kier alpha value is -1.01. The standard InChI is InChI=1S/C14H25N3/c1-3-16(4-2)12-13-17(11-7-10-15)14-8-5-6-9-14/h8H,3-7,9,11-13H2,1-2H3. The summed E-state index contributed by atoms with van der Waals surface area (Å²) in [6.45, 7) is 9.70. The Bertz CT molecular complexity index is 274. The molecular formula is C14H25N3. The molecule has 1 rings (SSSR count). The molecule has 3 nitrogen and oxygen atoms in total. The van der Waals surface area contributed by atoms with E-state index >= 15 is 0 Å². The zero-order chi connectivity index (χ0) is 12.5. The molecule has 0 heterocycles. The van der Waals surface area contributed by atoms with Crippen LogP contribution < -0.4 is 0 Å². The summed E-state index contributed by atoms with van der Waals surface area (Å²) < 4.78 is 0. The van der Waals surface area contributed by atoms with Gasteiger partial charge in [-0.15, -0.1) is 0 Å². The van der Waals surface area contributed by atoms with Crippen molar-refractivity contribution in [2.24, 2.45) is 0 Å². The third-order valence-electron chi connectivity index (χ3n) is 3.50. The predicted molar refractivity (Wildman–Crippen MR) is 71.5 cm³/mol. The van der Waals surface area contributed by atoms with Crippen LogP contribution in [-0.4, -0.2) is 42.5 Å². The Morgan fingerprint density at radius 3 is 2.53 bits per heavy atom. The van der Waals surface area contributed by atoms with Crippen molar-refractivity contribution in [2.45, 2.75) is 39.5 Å². The molecule has 1 aliphatic rings. The Balaban J connectivity index is 2.43. The molecule has 0 aromatic heterocycles. The zero-order valence-corrected chi connectivity index (χ0v) is 11.3. The maximum Gasteiger partial charge on any atom is 0.0640 e. The third-order valence-corrected chi connectivity index (χ3v) is 3.50. The predicted octanol–water partition coefficient (Wildman–Crippen LogP) is 2.61. The minimum absolute atomic E-state index is 0.635. The van der Waals surface area contributed by atoms with Gasteiger partial charge < -0.3 is 9.80 Å². The van der Waals surface area contributed by atoms with Crippen molar-refractivity contribution in [3.05, 3.63) is 11.8 Å². The van der Waals surface area contributed by atoms with Crippen LogP contribution in [0.25, 0.3) is 0 Å². The fourth-order valence-electron chi connectivity index (χ4n) is 2.33. The highest BCUT2D eigenvalue weighted by Gasteiger charge is 2.13. The van der Waals surface area contributed by atoms with Gasteiger partial charge in [-0.05, 0) is 32.4 Å². The molecule has 0 saturated carbocycles. The van der Waals surface area contributed by atoms with Gasteiger partial charge in [0.1, 0.15) is 0 Å². The lowest BCUT2D eigenvalue weighted by Crippen LogP contribution is -2.34. The molecule has 0 aromatic carbocycles. The van der Waals surface area contributed by atoms with Crippen LogP contribution in [0.4, 0.5) is 0 Å². The molecule has 0 aliphatic heterocycles. The monoisotopic (exact) mass is 235 g/mol. The number of rotatable bonds is 8. The smallest absolute Gasteiger partial charge is 0.0640 e. The van der Waals surface area contributed by atoms with Gasteiger partial charge in [-0.3, -0.25) is 0 Å². The lowest BCUT2D eigenvalue weighted by atomic mass is 10.3. The number of nitriles is 1. The Morgan fingerprint density at radius 1 is 1.24 bits per heavy atom. The van der Waals surface area contributed by atoms with Crippen molar-refractivity contribution in [1.29, 1.82) is 5.26 Å². The van der Waals surface area contributed by atoms with E-state index in [0.717, 1.165) is 32.7 Å². The molecule has 0 bridgehead atoms. The molecule has 0 amide bonds. The van der Waals surface area contributed by atoms with Gasteiger partial charge in [-0.25, -0.2) is 0 Å². The van der Waals surface area contributed by atoms with Gasteiger partial charge in [0.05, 0.1) is 12.5 Å². The van der Waals surface area contributed by atoms with Gasteiger partial charge in [-0.1, -0.05) is 19.9 Å². The molecule has 0 aromatic rings. The lowest BCUT2D eigenvalue weighted by molar-refractivity contribution is 0.245. The molecule has 0 saturated heterocycles. The Morgan fingerprint density at radius 2 is 2.00 bits per heavy atom. The van der Waals surface area contributed by atoms with E-state index in [2.05, 4.69) is 35.8 Å². The largest absolute Gasteiger partial charge is 0.373 e. The van der Waals surface area contributed by atoms with Crippen molar-refractivity contribution in [3.8, 4) is 6.07 Å². The van der Waals surface area contributed by atoms with Gasteiger partial charge in [0, 0.05) is 25.3 Å². The zero-order valence-electron chi connectivity index (χ0n) is 11.3. The highest BCUT2D eigenvalue weighted by molar-refractivity contribution is 5.07. The molecule has 0 atom stereocenters. The molecule has 0 fully saturated rings. The number of nitrogens with zero attached hydrogens (tertiary/aromatic N) is 3. The summed E-state index contributed by atoms with van der Waals surface area (Å²) in [5, 5.41) is 8.72. The van der Waals surface area contributed by atoms with Crippen molar-refractivity contribution in [2.75, 3.05) is 32.7 Å². The lowest BCUT2D eigenvalue weighted by Gasteiger charge is -2.28. The minimum Gasteiger partial charge on any atom is -0.373 e. The van der Waals surface area contributed by atoms with Crippen molar-refractivity contribution in [3.63, 3.8) is 0 Å². The maximum absolute atomic E-state index is 8.72. The van der Waals surface area contributed by atoms with E-state index in [1.54, 1.807) is 0 Å². The van der Waals surface area contributed by atoms with Crippen molar-refractivity contribution < 1.29 is 0 Å². The fraction of sp³-hybridized carbons (Fsp3) is 0.786. The molecule has 0 radical (unpaired) electrons. The quantitative estimate of drug-likeness (QED) is 0.648. The molecule has 17 heavy (non-hydrogen) atoms. The number of likely N-dealkylation sites (N-methyl/N-ethyl adjacent to an activating group) is 1. The van der Waals surface area contributed by atoms with E-state index in [9.17, 15) is 0 Å². The Kier molecular flexibility index (Phi) is 6.73. The molecule has 0 unspecified atom stereocenters. The summed E-state index contributed by atoms with van der Waals surface area (Å²) in [6.07, 6.45) is 6.67. The highest BCUT2D eigenvalue weighted by Crippen LogP contribution is 2.21. The van der Waals surface area contributed by atoms with Crippen LogP contribution in [0.3, 0.4) is 0 Å². The number of hydrogen-bond donors (Lipinski definition) is 0. The van der Waals surface area contributed by atoms with Crippen LogP contribution in [0.15, 0.2) is 11.8 Å². The first-order valence-corrected chi connectivity index (χ1v) is 6.85. The van der Waals surface area contributed by atoms with E-state index in [-0.39, 0.29) is 0 Å². The average Bonchev–Trinajstić information content (AvgIpc) is 2.87. The second-order valence-electron chi connectivity index (χ2n) is 4.51. The third kappa shape index (κ3) is 4.79. The molecule has 1 aliphatic carbocycles. The van der Waals surface area contributed by atoms with Gasteiger partial charge in [0.15, 0.2) is 0 Å². The molecule has 3 heteroatoms. The summed E-state index contributed by atoms with van der Waals surface area (Å²) in [6, 6.07) is 2.25. The molecule has 96 valence electrons. The van der Waals surface area contributed by atoms with E-state index in [1.807, 2.05) is 0 Å². The van der Waals surface area contributed by atoms with Gasteiger partial charge in [0.25, 0.3) is 0 Å². The van der Waals surface area contributed by atoms with E-state index in [0.29, 0.717) is 6.42 Å². The van der Waals surface area contributed by atoms with Crippen molar-refractivity contribution in [1.82, 2.24) is 9.80 Å². The SMILES string of the molecule is CCN(CC)CCN(CCC#N)C1=CCCC1. The number of hydrogen-bond acceptors (Lipinski definition) is 3. The van der Waals surface area contributed by atoms with Crippen molar-refractivity contribution >= 4 is 0 Å². The number of allylic oxidation sites excluding steroid dienone is 2. The summed E-state index contributed by atoms with van der Waals surface area (Å²) in [7, 11) is 0. The topological polar surface area (TPSA) is 30.3 Å². The molecular weight excluding hydrogens is 210 g/mol. The second kappa shape index (κ2) is 8.14. The van der Waals surface area contributed by atoms with Gasteiger partial charge in [0.2, 0.25) is 0 Å². The van der Waals surface area contributed by atoms with Crippen LogP contribution in [0.1, 0.15) is 39.5 Å². The van der Waals surface area contributed by atoms with E-state index in [4.69, 9.17) is 5.26 Å². The van der Waals surface area contributed by atoms with Gasteiger partial charge >= 0.3 is 0 Å². The Labute approximate surface area is 106 Å². The average molecular weight is 235 g/mol. The fourth-order valence-corrected chi connectivity index (χ4v) is 2.33. The van der Waals surface area contributed by atoms with E-state index < -0.39 is 0 Å². The first-order chi connectivity index (χ1) is 8.31. The maximum atomic E-state index is 8.72.